The SMILES string of the molecule is Cc1ccc([N+](=O)[O-])cc1C(=O)N(CCO)CC(F)F. The molecule has 0 aliphatic heterocycles. The van der Waals surface area contributed by atoms with Gasteiger partial charge in [-0.15, -0.1) is 0 Å². The highest BCUT2D eigenvalue weighted by Gasteiger charge is 2.22. The van der Waals surface area contributed by atoms with Gasteiger partial charge in [-0.1, -0.05) is 6.07 Å². The summed E-state index contributed by atoms with van der Waals surface area (Å²) in [6.45, 7) is -0.00424. The van der Waals surface area contributed by atoms with Crippen molar-refractivity contribution in [2.45, 2.75) is 13.3 Å². The van der Waals surface area contributed by atoms with Crippen molar-refractivity contribution in [1.29, 1.82) is 0 Å². The fourth-order valence-electron chi connectivity index (χ4n) is 1.69. The Labute approximate surface area is 113 Å². The molecule has 0 saturated carbocycles. The van der Waals surface area contributed by atoms with Crippen molar-refractivity contribution in [2.75, 3.05) is 19.7 Å². The predicted octanol–water partition coefficient (Wildman–Crippen LogP) is 1.60. The minimum Gasteiger partial charge on any atom is -0.395 e. The summed E-state index contributed by atoms with van der Waals surface area (Å²) in [6.07, 6.45) is -2.75. The molecule has 0 bridgehead atoms. The Balaban J connectivity index is 3.10. The summed E-state index contributed by atoms with van der Waals surface area (Å²) in [4.78, 5) is 22.9. The Morgan fingerprint density at radius 1 is 1.50 bits per heavy atom. The van der Waals surface area contributed by atoms with Gasteiger partial charge in [-0.05, 0) is 12.5 Å². The lowest BCUT2D eigenvalue weighted by molar-refractivity contribution is -0.384. The van der Waals surface area contributed by atoms with Crippen LogP contribution in [0, 0.1) is 17.0 Å². The summed E-state index contributed by atoms with van der Waals surface area (Å²) >= 11 is 0. The van der Waals surface area contributed by atoms with Crippen molar-refractivity contribution in [3.8, 4) is 0 Å². The molecule has 0 aliphatic carbocycles. The molecule has 0 spiro atoms. The zero-order chi connectivity index (χ0) is 15.3. The fraction of sp³-hybridized carbons (Fsp3) is 0.417. The van der Waals surface area contributed by atoms with E-state index < -0.39 is 30.4 Å². The molecule has 1 rings (SSSR count). The third-order valence-corrected chi connectivity index (χ3v) is 2.68. The molecular weight excluding hydrogens is 274 g/mol. The summed E-state index contributed by atoms with van der Waals surface area (Å²) in [5.74, 6) is -0.763. The van der Waals surface area contributed by atoms with Crippen LogP contribution in [-0.2, 0) is 0 Å². The lowest BCUT2D eigenvalue weighted by Crippen LogP contribution is -2.37. The van der Waals surface area contributed by atoms with Crippen LogP contribution in [-0.4, -0.2) is 47.0 Å². The number of rotatable bonds is 6. The summed E-state index contributed by atoms with van der Waals surface area (Å²) in [7, 11) is 0. The number of aliphatic hydroxyl groups is 1. The third-order valence-electron chi connectivity index (χ3n) is 2.68. The van der Waals surface area contributed by atoms with Gasteiger partial charge in [0.1, 0.15) is 0 Å². The van der Waals surface area contributed by atoms with E-state index in [-0.39, 0.29) is 17.8 Å². The molecule has 0 radical (unpaired) electrons. The number of aliphatic hydroxyl groups excluding tert-OH is 1. The Hall–Kier alpha value is -2.09. The Bertz CT molecular complexity index is 508. The summed E-state index contributed by atoms with van der Waals surface area (Å²) < 4.78 is 24.8. The van der Waals surface area contributed by atoms with Crippen molar-refractivity contribution in [3.63, 3.8) is 0 Å². The molecule has 0 aromatic heterocycles. The van der Waals surface area contributed by atoms with Gasteiger partial charge in [0.2, 0.25) is 0 Å². The third kappa shape index (κ3) is 3.95. The largest absolute Gasteiger partial charge is 0.395 e. The molecule has 0 unspecified atom stereocenters. The molecule has 0 saturated heterocycles. The van der Waals surface area contributed by atoms with E-state index in [1.165, 1.54) is 12.1 Å². The minimum atomic E-state index is -2.75. The van der Waals surface area contributed by atoms with Gasteiger partial charge in [0.25, 0.3) is 18.0 Å². The van der Waals surface area contributed by atoms with Crippen molar-refractivity contribution in [2.24, 2.45) is 0 Å². The number of aryl methyl sites for hydroxylation is 1. The van der Waals surface area contributed by atoms with E-state index in [0.717, 1.165) is 11.0 Å². The molecule has 1 N–H and O–H groups in total. The maximum Gasteiger partial charge on any atom is 0.270 e. The average Bonchev–Trinajstić information content (AvgIpc) is 2.37. The smallest absolute Gasteiger partial charge is 0.270 e. The summed E-state index contributed by atoms with van der Waals surface area (Å²) in [6, 6.07) is 3.66. The second kappa shape index (κ2) is 6.90. The molecule has 1 aromatic rings. The number of alkyl halides is 2. The Kier molecular flexibility index (Phi) is 5.51. The number of nitro benzene ring substituents is 1. The number of non-ortho nitro benzene ring substituents is 1. The number of nitrogens with zero attached hydrogens (tertiary/aromatic N) is 2. The van der Waals surface area contributed by atoms with Crippen molar-refractivity contribution in [3.05, 3.63) is 39.4 Å². The molecule has 6 nitrogen and oxygen atoms in total. The molecule has 0 fully saturated rings. The molecular formula is C12H14F2N2O4. The first-order valence-corrected chi connectivity index (χ1v) is 5.80. The molecule has 0 atom stereocenters. The first kappa shape index (κ1) is 16.0. The van der Waals surface area contributed by atoms with Crippen LogP contribution in [0.5, 0.6) is 0 Å². The topological polar surface area (TPSA) is 83.7 Å². The van der Waals surface area contributed by atoms with E-state index in [9.17, 15) is 23.7 Å². The number of hydrogen-bond donors (Lipinski definition) is 1. The number of carbonyl (C=O) groups is 1. The molecule has 110 valence electrons. The highest BCUT2D eigenvalue weighted by Crippen LogP contribution is 2.19. The number of amides is 1. The van der Waals surface area contributed by atoms with Crippen LogP contribution in [0.2, 0.25) is 0 Å². The number of nitro groups is 1. The lowest BCUT2D eigenvalue weighted by atomic mass is 10.1. The van der Waals surface area contributed by atoms with Crippen LogP contribution < -0.4 is 0 Å². The zero-order valence-corrected chi connectivity index (χ0v) is 10.8. The fourth-order valence-corrected chi connectivity index (χ4v) is 1.69. The monoisotopic (exact) mass is 288 g/mol. The van der Waals surface area contributed by atoms with Gasteiger partial charge in [-0.2, -0.15) is 0 Å². The molecule has 0 aliphatic rings. The van der Waals surface area contributed by atoms with Gasteiger partial charge < -0.3 is 10.0 Å². The predicted molar refractivity (Wildman–Crippen MR) is 66.8 cm³/mol. The maximum atomic E-state index is 12.4. The molecule has 20 heavy (non-hydrogen) atoms. The highest BCUT2D eigenvalue weighted by atomic mass is 19.3. The quantitative estimate of drug-likeness (QED) is 0.636. The minimum absolute atomic E-state index is 0.0201. The molecule has 1 amide bonds. The average molecular weight is 288 g/mol. The van der Waals surface area contributed by atoms with Gasteiger partial charge in [0.05, 0.1) is 18.1 Å². The molecule has 8 heteroatoms. The normalized spacial score (nSPS) is 10.7. The Morgan fingerprint density at radius 2 is 2.15 bits per heavy atom. The van der Waals surface area contributed by atoms with E-state index >= 15 is 0 Å². The summed E-state index contributed by atoms with van der Waals surface area (Å²) in [5, 5.41) is 19.5. The van der Waals surface area contributed by atoms with E-state index in [4.69, 9.17) is 5.11 Å². The number of carbonyl (C=O) groups excluding carboxylic acids is 1. The standard InChI is InChI=1S/C12H14F2N2O4/c1-8-2-3-9(16(19)20)6-10(8)12(18)15(4-5-17)7-11(13)14/h2-3,6,11,17H,4-5,7H2,1H3. The Morgan fingerprint density at radius 3 is 2.65 bits per heavy atom. The molecule has 0 heterocycles. The van der Waals surface area contributed by atoms with Crippen LogP contribution in [0.4, 0.5) is 14.5 Å². The number of hydrogen-bond acceptors (Lipinski definition) is 4. The number of halogens is 2. The zero-order valence-electron chi connectivity index (χ0n) is 10.8. The van der Waals surface area contributed by atoms with Gasteiger partial charge >= 0.3 is 0 Å². The summed E-state index contributed by atoms with van der Waals surface area (Å²) in [5.41, 5.74) is 0.131. The van der Waals surface area contributed by atoms with E-state index in [1.807, 2.05) is 0 Å². The lowest BCUT2D eigenvalue weighted by Gasteiger charge is -2.22. The van der Waals surface area contributed by atoms with E-state index in [1.54, 1.807) is 6.92 Å². The first-order chi connectivity index (χ1) is 9.36. The highest BCUT2D eigenvalue weighted by molar-refractivity contribution is 5.96. The van der Waals surface area contributed by atoms with Gasteiger partial charge in [-0.25, -0.2) is 8.78 Å². The first-order valence-electron chi connectivity index (χ1n) is 5.80. The van der Waals surface area contributed by atoms with Crippen molar-refractivity contribution < 1.29 is 23.6 Å². The van der Waals surface area contributed by atoms with Gasteiger partial charge in [0, 0.05) is 24.2 Å². The van der Waals surface area contributed by atoms with Gasteiger partial charge in [-0.3, -0.25) is 14.9 Å². The van der Waals surface area contributed by atoms with Gasteiger partial charge in [0.15, 0.2) is 0 Å². The molecule has 1 aromatic carbocycles. The van der Waals surface area contributed by atoms with Crippen molar-refractivity contribution in [1.82, 2.24) is 4.90 Å². The van der Waals surface area contributed by atoms with Crippen molar-refractivity contribution >= 4 is 11.6 Å². The van der Waals surface area contributed by atoms with Crippen LogP contribution in [0.1, 0.15) is 15.9 Å². The van der Waals surface area contributed by atoms with E-state index in [0.29, 0.717) is 5.56 Å². The van der Waals surface area contributed by atoms with Crippen LogP contribution in [0.3, 0.4) is 0 Å². The van der Waals surface area contributed by atoms with Crippen LogP contribution in [0.15, 0.2) is 18.2 Å². The second-order valence-corrected chi connectivity index (χ2v) is 4.12. The second-order valence-electron chi connectivity index (χ2n) is 4.12. The maximum absolute atomic E-state index is 12.4. The van der Waals surface area contributed by atoms with Crippen LogP contribution in [0.25, 0.3) is 0 Å². The van der Waals surface area contributed by atoms with Crippen LogP contribution >= 0.6 is 0 Å². The number of benzene rings is 1. The van der Waals surface area contributed by atoms with E-state index in [2.05, 4.69) is 0 Å².